The zero-order valence-electron chi connectivity index (χ0n) is 7.60. The van der Waals surface area contributed by atoms with E-state index in [1.165, 1.54) is 5.39 Å². The average molecular weight is 186 g/mol. The molecule has 1 unspecified atom stereocenters. The summed E-state index contributed by atoms with van der Waals surface area (Å²) in [5, 5.41) is 2.35. The van der Waals surface area contributed by atoms with Gasteiger partial charge in [0.1, 0.15) is 6.10 Å². The van der Waals surface area contributed by atoms with Gasteiger partial charge in [-0.15, -0.1) is 0 Å². The maximum Gasteiger partial charge on any atom is 0.112 e. The molecule has 0 radical (unpaired) electrons. The lowest BCUT2D eigenvalue weighted by Gasteiger charge is -2.28. The molecule has 0 fully saturated rings. The molecule has 70 valence electrons. The minimum Gasteiger partial charge on any atom is -0.296 e. The molecule has 1 atom stereocenters. The maximum atomic E-state index is 5.21. The highest BCUT2D eigenvalue weighted by Crippen LogP contribution is 2.38. The van der Waals surface area contributed by atoms with E-state index in [1.54, 1.807) is 0 Å². The van der Waals surface area contributed by atoms with Gasteiger partial charge in [-0.1, -0.05) is 24.3 Å². The first-order valence-electron chi connectivity index (χ1n) is 4.62. The van der Waals surface area contributed by atoms with Crippen molar-refractivity contribution in [3.05, 3.63) is 41.7 Å². The van der Waals surface area contributed by atoms with Crippen molar-refractivity contribution in [3.8, 4) is 0 Å². The van der Waals surface area contributed by atoms with Gasteiger partial charge in [-0.3, -0.25) is 9.82 Å². The zero-order valence-corrected chi connectivity index (χ0v) is 7.60. The number of benzene rings is 1. The van der Waals surface area contributed by atoms with E-state index < -0.39 is 0 Å². The van der Waals surface area contributed by atoms with E-state index in [0.29, 0.717) is 0 Å². The van der Waals surface area contributed by atoms with Crippen LogP contribution in [0.3, 0.4) is 0 Å². The molecule has 2 N–H and O–H groups in total. The summed E-state index contributed by atoms with van der Waals surface area (Å²) in [5.74, 6) is 5.21. The lowest BCUT2D eigenvalue weighted by Crippen LogP contribution is -2.24. The van der Waals surface area contributed by atoms with Gasteiger partial charge in [-0.05, 0) is 5.39 Å². The number of pyridine rings is 1. The molecule has 0 saturated heterocycles. The quantitative estimate of drug-likeness (QED) is 0.690. The Balaban J connectivity index is 2.31. The fourth-order valence-electron chi connectivity index (χ4n) is 2.01. The van der Waals surface area contributed by atoms with Crippen LogP contribution in [0.15, 0.2) is 30.5 Å². The number of rotatable bonds is 1. The number of nitrogens with zero attached hydrogens (tertiary/aromatic N) is 1. The van der Waals surface area contributed by atoms with E-state index >= 15 is 0 Å². The summed E-state index contributed by atoms with van der Waals surface area (Å²) >= 11 is 0. The Morgan fingerprint density at radius 1 is 1.36 bits per heavy atom. The first-order valence-corrected chi connectivity index (χ1v) is 4.62. The molecule has 1 aromatic carbocycles. The first kappa shape index (κ1) is 7.91. The van der Waals surface area contributed by atoms with Crippen LogP contribution in [0.1, 0.15) is 17.4 Å². The van der Waals surface area contributed by atoms with E-state index in [0.717, 1.165) is 23.1 Å². The number of hydrogen-bond acceptors (Lipinski definition) is 3. The summed E-state index contributed by atoms with van der Waals surface area (Å²) in [6, 6.07) is 8.16. The fourth-order valence-corrected chi connectivity index (χ4v) is 2.01. The van der Waals surface area contributed by atoms with Crippen LogP contribution in [0.2, 0.25) is 0 Å². The van der Waals surface area contributed by atoms with E-state index in [-0.39, 0.29) is 6.10 Å². The predicted molar refractivity (Wildman–Crippen MR) is 53.5 cm³/mol. The Kier molecular flexibility index (Phi) is 1.56. The lowest BCUT2D eigenvalue weighted by atomic mass is 9.86. The molecule has 1 aliphatic rings. The summed E-state index contributed by atoms with van der Waals surface area (Å²) in [6.07, 6.45) is 2.76. The minimum absolute atomic E-state index is 0.0311. The van der Waals surface area contributed by atoms with Gasteiger partial charge in [-0.25, -0.2) is 5.90 Å². The molecule has 3 rings (SSSR count). The molecule has 0 bridgehead atoms. The van der Waals surface area contributed by atoms with Gasteiger partial charge >= 0.3 is 0 Å². The van der Waals surface area contributed by atoms with Crippen LogP contribution < -0.4 is 5.90 Å². The zero-order chi connectivity index (χ0) is 9.54. The van der Waals surface area contributed by atoms with Gasteiger partial charge in [0.2, 0.25) is 0 Å². The van der Waals surface area contributed by atoms with Crippen molar-refractivity contribution in [3.63, 3.8) is 0 Å². The molecule has 3 heteroatoms. The second kappa shape index (κ2) is 2.77. The summed E-state index contributed by atoms with van der Waals surface area (Å²) in [6.45, 7) is 0. The molecule has 0 aliphatic heterocycles. The molecule has 1 aromatic heterocycles. The number of aromatic nitrogens is 1. The highest BCUT2D eigenvalue weighted by molar-refractivity contribution is 5.87. The third-order valence-electron chi connectivity index (χ3n) is 2.79. The SMILES string of the molecule is NOC1Cc2ncc3ccccc3c21. The topological polar surface area (TPSA) is 48.1 Å². The summed E-state index contributed by atoms with van der Waals surface area (Å²) in [5.41, 5.74) is 2.27. The molecule has 1 aliphatic carbocycles. The molecule has 0 amide bonds. The normalized spacial score (nSPS) is 19.1. The van der Waals surface area contributed by atoms with Crippen LogP contribution in [0.4, 0.5) is 0 Å². The maximum absolute atomic E-state index is 5.21. The van der Waals surface area contributed by atoms with Crippen LogP contribution in [0, 0.1) is 0 Å². The Bertz CT molecular complexity index is 496. The summed E-state index contributed by atoms with van der Waals surface area (Å²) in [4.78, 5) is 9.24. The highest BCUT2D eigenvalue weighted by atomic mass is 16.6. The molecule has 2 aromatic rings. The molecule has 1 heterocycles. The molecule has 14 heavy (non-hydrogen) atoms. The number of fused-ring (bicyclic) bond motifs is 3. The molecule has 3 nitrogen and oxygen atoms in total. The largest absolute Gasteiger partial charge is 0.296 e. The fraction of sp³-hybridized carbons (Fsp3) is 0.182. The van der Waals surface area contributed by atoms with Crippen molar-refractivity contribution in [2.24, 2.45) is 5.90 Å². The van der Waals surface area contributed by atoms with Crippen LogP contribution in [0.25, 0.3) is 10.8 Å². The lowest BCUT2D eigenvalue weighted by molar-refractivity contribution is 0.0362. The van der Waals surface area contributed by atoms with Crippen molar-refractivity contribution in [2.45, 2.75) is 12.5 Å². The molecular formula is C11H10N2O. The second-order valence-corrected chi connectivity index (χ2v) is 3.53. The van der Waals surface area contributed by atoms with Crippen molar-refractivity contribution < 1.29 is 4.84 Å². The van der Waals surface area contributed by atoms with Crippen LogP contribution >= 0.6 is 0 Å². The monoisotopic (exact) mass is 186 g/mol. The Morgan fingerprint density at radius 3 is 3.07 bits per heavy atom. The minimum atomic E-state index is 0.0311. The number of hydrogen-bond donors (Lipinski definition) is 1. The van der Waals surface area contributed by atoms with Crippen LogP contribution in [-0.4, -0.2) is 4.98 Å². The van der Waals surface area contributed by atoms with Crippen LogP contribution in [0.5, 0.6) is 0 Å². The van der Waals surface area contributed by atoms with Crippen molar-refractivity contribution in [1.82, 2.24) is 4.98 Å². The third-order valence-corrected chi connectivity index (χ3v) is 2.79. The third kappa shape index (κ3) is 0.908. The van der Waals surface area contributed by atoms with Crippen LogP contribution in [-0.2, 0) is 11.3 Å². The van der Waals surface area contributed by atoms with E-state index in [4.69, 9.17) is 10.7 Å². The van der Waals surface area contributed by atoms with Crippen molar-refractivity contribution >= 4 is 10.8 Å². The number of nitrogens with two attached hydrogens (primary N) is 1. The van der Waals surface area contributed by atoms with E-state index in [2.05, 4.69) is 17.1 Å². The predicted octanol–water partition coefficient (Wildman–Crippen LogP) is 1.72. The first-order chi connectivity index (χ1) is 6.90. The highest BCUT2D eigenvalue weighted by Gasteiger charge is 2.29. The Labute approximate surface area is 81.5 Å². The second-order valence-electron chi connectivity index (χ2n) is 3.53. The molecular weight excluding hydrogens is 176 g/mol. The van der Waals surface area contributed by atoms with Gasteiger partial charge in [-0.2, -0.15) is 0 Å². The van der Waals surface area contributed by atoms with Gasteiger partial charge in [0.15, 0.2) is 0 Å². The van der Waals surface area contributed by atoms with Crippen molar-refractivity contribution in [2.75, 3.05) is 0 Å². The summed E-state index contributed by atoms with van der Waals surface area (Å²) < 4.78 is 0. The van der Waals surface area contributed by atoms with Gasteiger partial charge in [0, 0.05) is 29.3 Å². The Morgan fingerprint density at radius 2 is 2.21 bits per heavy atom. The molecule has 0 saturated carbocycles. The van der Waals surface area contributed by atoms with E-state index in [9.17, 15) is 0 Å². The average Bonchev–Trinajstić information content (AvgIpc) is 2.18. The smallest absolute Gasteiger partial charge is 0.112 e. The Hall–Kier alpha value is -1.45. The summed E-state index contributed by atoms with van der Waals surface area (Å²) in [7, 11) is 0. The standard InChI is InChI=1S/C11H10N2O/c12-14-10-5-9-11(10)8-4-2-1-3-7(8)6-13-9/h1-4,6,10H,5,12H2. The van der Waals surface area contributed by atoms with E-state index in [1.807, 2.05) is 18.3 Å². The van der Waals surface area contributed by atoms with Gasteiger partial charge in [0.05, 0.1) is 0 Å². The van der Waals surface area contributed by atoms with Crippen molar-refractivity contribution in [1.29, 1.82) is 0 Å². The van der Waals surface area contributed by atoms with Gasteiger partial charge < -0.3 is 0 Å². The van der Waals surface area contributed by atoms with Gasteiger partial charge in [0.25, 0.3) is 0 Å². The molecule has 0 spiro atoms.